The fraction of sp³-hybridized carbons (Fsp3) is 0.350. The van der Waals surface area contributed by atoms with Gasteiger partial charge in [-0.15, -0.1) is 0 Å². The van der Waals surface area contributed by atoms with Gasteiger partial charge in [-0.2, -0.15) is 10.2 Å². The fourth-order valence-corrected chi connectivity index (χ4v) is 4.25. The first-order chi connectivity index (χ1) is 14.2. The van der Waals surface area contributed by atoms with Crippen molar-refractivity contribution in [3.63, 3.8) is 0 Å². The Bertz CT molecular complexity index is 1130. The minimum absolute atomic E-state index is 0.577. The molecule has 1 aliphatic heterocycles. The van der Waals surface area contributed by atoms with E-state index < -0.39 is 0 Å². The highest BCUT2D eigenvalue weighted by molar-refractivity contribution is 7.16. The Kier molecular flexibility index (Phi) is 4.69. The predicted octanol–water partition coefficient (Wildman–Crippen LogP) is 2.60. The highest BCUT2D eigenvalue weighted by atomic mass is 32.1. The maximum absolute atomic E-state index is 5.72. The standard InChI is InChI=1S/C20H22N6O2S/c1-13-23-26-12-16(22-20(26)29-13)5-6-21-10-15-11-25(2)24-19(15)14-3-4-17-18(9-14)28-8-7-27-17/h3-4,9,11-12,21H,5-8,10H2,1-2H3. The van der Waals surface area contributed by atoms with Crippen molar-refractivity contribution < 1.29 is 9.47 Å². The number of benzene rings is 1. The van der Waals surface area contributed by atoms with Crippen molar-refractivity contribution in [2.45, 2.75) is 19.9 Å². The average Bonchev–Trinajstić information content (AvgIpc) is 3.37. The summed E-state index contributed by atoms with van der Waals surface area (Å²) >= 11 is 1.61. The van der Waals surface area contributed by atoms with Crippen molar-refractivity contribution >= 4 is 16.3 Å². The Balaban J connectivity index is 1.25. The summed E-state index contributed by atoms with van der Waals surface area (Å²) < 4.78 is 15.0. The maximum Gasteiger partial charge on any atom is 0.212 e. The van der Waals surface area contributed by atoms with Crippen LogP contribution in [-0.2, 0) is 20.0 Å². The highest BCUT2D eigenvalue weighted by Gasteiger charge is 2.16. The molecule has 4 heterocycles. The Morgan fingerprint density at radius 1 is 1.14 bits per heavy atom. The number of ether oxygens (including phenoxy) is 2. The van der Waals surface area contributed by atoms with Crippen LogP contribution >= 0.6 is 11.3 Å². The monoisotopic (exact) mass is 410 g/mol. The van der Waals surface area contributed by atoms with Crippen LogP contribution in [0.15, 0.2) is 30.6 Å². The molecule has 0 bridgehead atoms. The summed E-state index contributed by atoms with van der Waals surface area (Å²) in [6.07, 6.45) is 4.92. The lowest BCUT2D eigenvalue weighted by Gasteiger charge is -2.18. The van der Waals surface area contributed by atoms with Crippen LogP contribution in [0.4, 0.5) is 0 Å². The Morgan fingerprint density at radius 2 is 2.00 bits per heavy atom. The normalized spacial score (nSPS) is 13.3. The molecule has 1 N–H and O–H groups in total. The molecule has 3 aromatic heterocycles. The van der Waals surface area contributed by atoms with Crippen LogP contribution in [0.5, 0.6) is 11.5 Å². The van der Waals surface area contributed by atoms with Crippen LogP contribution in [0.25, 0.3) is 16.2 Å². The molecule has 150 valence electrons. The van der Waals surface area contributed by atoms with Crippen molar-refractivity contribution in [2.75, 3.05) is 19.8 Å². The van der Waals surface area contributed by atoms with Crippen LogP contribution in [0.3, 0.4) is 0 Å². The lowest BCUT2D eigenvalue weighted by atomic mass is 10.1. The molecule has 0 unspecified atom stereocenters. The van der Waals surface area contributed by atoms with E-state index in [1.807, 2.05) is 47.6 Å². The number of imidazole rings is 1. The lowest BCUT2D eigenvalue weighted by molar-refractivity contribution is 0.171. The van der Waals surface area contributed by atoms with E-state index in [-0.39, 0.29) is 0 Å². The van der Waals surface area contributed by atoms with Crippen LogP contribution in [0.1, 0.15) is 16.3 Å². The third-order valence-electron chi connectivity index (χ3n) is 4.79. The van der Waals surface area contributed by atoms with Gasteiger partial charge in [-0.1, -0.05) is 11.3 Å². The van der Waals surface area contributed by atoms with Gasteiger partial charge in [0.15, 0.2) is 11.5 Å². The average molecular weight is 411 g/mol. The van der Waals surface area contributed by atoms with Crippen molar-refractivity contribution in [2.24, 2.45) is 7.05 Å². The van der Waals surface area contributed by atoms with E-state index in [1.54, 1.807) is 11.3 Å². The second kappa shape index (κ2) is 7.49. The summed E-state index contributed by atoms with van der Waals surface area (Å²) in [6.45, 7) is 4.73. The molecule has 29 heavy (non-hydrogen) atoms. The van der Waals surface area contributed by atoms with Gasteiger partial charge in [-0.25, -0.2) is 9.50 Å². The zero-order valence-corrected chi connectivity index (χ0v) is 17.2. The topological polar surface area (TPSA) is 78.5 Å². The van der Waals surface area contributed by atoms with Gasteiger partial charge in [0.2, 0.25) is 4.96 Å². The Hall–Kier alpha value is -2.91. The predicted molar refractivity (Wildman–Crippen MR) is 111 cm³/mol. The number of nitrogens with one attached hydrogen (secondary N) is 1. The fourth-order valence-electron chi connectivity index (χ4n) is 3.51. The Labute approximate surface area is 172 Å². The molecule has 0 fully saturated rings. The summed E-state index contributed by atoms with van der Waals surface area (Å²) in [7, 11) is 1.94. The number of nitrogens with zero attached hydrogens (tertiary/aromatic N) is 5. The molecule has 5 rings (SSSR count). The molecule has 0 radical (unpaired) electrons. The molecule has 0 amide bonds. The van der Waals surface area contributed by atoms with Gasteiger partial charge < -0.3 is 14.8 Å². The van der Waals surface area contributed by atoms with Gasteiger partial charge in [0.1, 0.15) is 18.2 Å². The summed E-state index contributed by atoms with van der Waals surface area (Å²) in [5.41, 5.74) is 4.18. The third-order valence-corrected chi connectivity index (χ3v) is 5.63. The lowest BCUT2D eigenvalue weighted by Crippen LogP contribution is -2.17. The van der Waals surface area contributed by atoms with E-state index in [2.05, 4.69) is 26.7 Å². The number of aryl methyl sites for hydroxylation is 2. The molecule has 1 aliphatic rings. The van der Waals surface area contributed by atoms with Gasteiger partial charge in [-0.3, -0.25) is 4.68 Å². The number of fused-ring (bicyclic) bond motifs is 2. The molecule has 9 heteroatoms. The molecule has 0 aliphatic carbocycles. The molecular weight excluding hydrogens is 388 g/mol. The van der Waals surface area contributed by atoms with Crippen LogP contribution in [-0.4, -0.2) is 44.1 Å². The second-order valence-corrected chi connectivity index (χ2v) is 8.20. The summed E-state index contributed by atoms with van der Waals surface area (Å²) in [4.78, 5) is 5.57. The zero-order valence-electron chi connectivity index (χ0n) is 16.4. The van der Waals surface area contributed by atoms with E-state index in [1.165, 1.54) is 0 Å². The largest absolute Gasteiger partial charge is 0.486 e. The first kappa shape index (κ1) is 18.1. The molecular formula is C20H22N6O2S. The molecule has 8 nitrogen and oxygen atoms in total. The summed E-state index contributed by atoms with van der Waals surface area (Å²) in [6, 6.07) is 6.00. The van der Waals surface area contributed by atoms with Gasteiger partial charge in [0, 0.05) is 43.9 Å². The van der Waals surface area contributed by atoms with Gasteiger partial charge >= 0.3 is 0 Å². The van der Waals surface area contributed by atoms with Crippen molar-refractivity contribution in [3.05, 3.63) is 46.9 Å². The molecule has 0 spiro atoms. The van der Waals surface area contributed by atoms with Crippen molar-refractivity contribution in [3.8, 4) is 22.8 Å². The molecule has 1 aromatic carbocycles. The molecule has 0 saturated carbocycles. The number of hydrogen-bond donors (Lipinski definition) is 1. The quantitative estimate of drug-likeness (QED) is 0.492. The van der Waals surface area contributed by atoms with Crippen LogP contribution in [0.2, 0.25) is 0 Å². The van der Waals surface area contributed by atoms with Gasteiger partial charge in [0.05, 0.1) is 17.6 Å². The SMILES string of the molecule is Cc1nn2cc(CCNCc3cn(C)nc3-c3ccc4c(c3)OCCO4)nc2s1. The third kappa shape index (κ3) is 3.70. The molecule has 0 saturated heterocycles. The number of hydrogen-bond acceptors (Lipinski definition) is 7. The van der Waals surface area contributed by atoms with Crippen LogP contribution < -0.4 is 14.8 Å². The molecule has 0 atom stereocenters. The van der Waals surface area contributed by atoms with Gasteiger partial charge in [0.25, 0.3) is 0 Å². The summed E-state index contributed by atoms with van der Waals surface area (Å²) in [5.74, 6) is 1.57. The van der Waals surface area contributed by atoms with Gasteiger partial charge in [-0.05, 0) is 25.1 Å². The first-order valence-corrected chi connectivity index (χ1v) is 10.4. The van der Waals surface area contributed by atoms with Crippen molar-refractivity contribution in [1.29, 1.82) is 0 Å². The van der Waals surface area contributed by atoms with E-state index in [9.17, 15) is 0 Å². The number of aromatic nitrogens is 5. The van der Waals surface area contributed by atoms with E-state index in [0.29, 0.717) is 13.2 Å². The van der Waals surface area contributed by atoms with E-state index in [0.717, 1.165) is 63.5 Å². The molecule has 4 aromatic rings. The number of rotatable bonds is 6. The first-order valence-electron chi connectivity index (χ1n) is 9.61. The van der Waals surface area contributed by atoms with E-state index >= 15 is 0 Å². The minimum Gasteiger partial charge on any atom is -0.486 e. The minimum atomic E-state index is 0.577. The smallest absolute Gasteiger partial charge is 0.212 e. The zero-order chi connectivity index (χ0) is 19.8. The second-order valence-electron chi connectivity index (χ2n) is 7.04. The van der Waals surface area contributed by atoms with Crippen LogP contribution in [0, 0.1) is 6.92 Å². The Morgan fingerprint density at radius 3 is 2.86 bits per heavy atom. The summed E-state index contributed by atoms with van der Waals surface area (Å²) in [5, 5.41) is 13.6. The highest BCUT2D eigenvalue weighted by Crippen LogP contribution is 2.35. The van der Waals surface area contributed by atoms with Crippen molar-refractivity contribution in [1.82, 2.24) is 29.7 Å². The van der Waals surface area contributed by atoms with E-state index in [4.69, 9.17) is 9.47 Å². The maximum atomic E-state index is 5.72.